The molecule has 0 aliphatic carbocycles. The van der Waals surface area contributed by atoms with Gasteiger partial charge in [-0.3, -0.25) is 4.79 Å². The first-order valence-corrected chi connectivity index (χ1v) is 8.76. The quantitative estimate of drug-likeness (QED) is 0.769. The zero-order chi connectivity index (χ0) is 16.4. The lowest BCUT2D eigenvalue weighted by Gasteiger charge is -2.16. The van der Waals surface area contributed by atoms with Crippen LogP contribution in [0.25, 0.3) is 0 Å². The second kappa shape index (κ2) is 6.75. The number of ether oxygens (including phenoxy) is 1. The summed E-state index contributed by atoms with van der Waals surface area (Å²) in [4.78, 5) is 14.7. The Bertz CT molecular complexity index is 729. The number of amides is 1. The van der Waals surface area contributed by atoms with E-state index < -0.39 is 0 Å². The highest BCUT2D eigenvalue weighted by atomic mass is 79.9. The Morgan fingerprint density at radius 2 is 1.96 bits per heavy atom. The van der Waals surface area contributed by atoms with E-state index in [0.29, 0.717) is 19.6 Å². The van der Waals surface area contributed by atoms with Gasteiger partial charge in [-0.05, 0) is 55.7 Å². The summed E-state index contributed by atoms with van der Waals surface area (Å²) in [6.45, 7) is 5.32. The number of nitrogens with zero attached hydrogens (tertiary/aromatic N) is 1. The van der Waals surface area contributed by atoms with E-state index in [4.69, 9.17) is 4.74 Å². The summed E-state index contributed by atoms with van der Waals surface area (Å²) in [6.07, 6.45) is 0.674. The second-order valence-corrected chi connectivity index (χ2v) is 6.44. The molecule has 23 heavy (non-hydrogen) atoms. The molecule has 4 heteroatoms. The molecule has 120 valence electrons. The lowest BCUT2D eigenvalue weighted by atomic mass is 9.93. The average Bonchev–Trinajstić information content (AvgIpc) is 2.82. The Labute approximate surface area is 145 Å². The Balaban J connectivity index is 1.94. The number of likely N-dealkylation sites (N-methyl/N-ethyl adjacent to an activating group) is 1. The van der Waals surface area contributed by atoms with E-state index in [-0.39, 0.29) is 11.8 Å². The summed E-state index contributed by atoms with van der Waals surface area (Å²) in [5.41, 5.74) is 3.26. The number of fused-ring (bicyclic) bond motifs is 1. The van der Waals surface area contributed by atoms with Crippen LogP contribution in [0.15, 0.2) is 46.9 Å². The highest BCUT2D eigenvalue weighted by molar-refractivity contribution is 9.10. The molecule has 1 amide bonds. The van der Waals surface area contributed by atoms with Gasteiger partial charge in [0, 0.05) is 16.7 Å². The molecule has 3 nitrogen and oxygen atoms in total. The van der Waals surface area contributed by atoms with Gasteiger partial charge in [0.1, 0.15) is 5.75 Å². The molecule has 0 fully saturated rings. The Morgan fingerprint density at radius 1 is 1.17 bits per heavy atom. The summed E-state index contributed by atoms with van der Waals surface area (Å²) in [5.74, 6) is 0.901. The van der Waals surface area contributed by atoms with Crippen LogP contribution in [0.1, 0.15) is 30.9 Å². The predicted molar refractivity (Wildman–Crippen MR) is 96.2 cm³/mol. The molecule has 1 heterocycles. The van der Waals surface area contributed by atoms with Gasteiger partial charge in [-0.25, -0.2) is 0 Å². The van der Waals surface area contributed by atoms with Crippen LogP contribution in [0, 0.1) is 0 Å². The molecule has 0 N–H and O–H groups in total. The van der Waals surface area contributed by atoms with E-state index in [0.717, 1.165) is 27.0 Å². The van der Waals surface area contributed by atoms with Gasteiger partial charge in [-0.2, -0.15) is 0 Å². The minimum Gasteiger partial charge on any atom is -0.494 e. The SMILES string of the molecule is CCOc1ccc(Br)c(C[C@H]2C(=O)N(CC)c3ccccc32)c1. The fourth-order valence-electron chi connectivity index (χ4n) is 3.18. The fraction of sp³-hybridized carbons (Fsp3) is 0.316. The molecule has 0 unspecified atom stereocenters. The summed E-state index contributed by atoms with van der Waals surface area (Å²) >= 11 is 3.60. The fourth-order valence-corrected chi connectivity index (χ4v) is 3.58. The molecule has 2 aromatic carbocycles. The van der Waals surface area contributed by atoms with Gasteiger partial charge < -0.3 is 9.64 Å². The van der Waals surface area contributed by atoms with Gasteiger partial charge in [0.15, 0.2) is 0 Å². The molecule has 0 saturated heterocycles. The minimum absolute atomic E-state index is 0.126. The summed E-state index contributed by atoms with van der Waals surface area (Å²) in [5, 5.41) is 0. The average molecular weight is 374 g/mol. The van der Waals surface area contributed by atoms with Crippen molar-refractivity contribution in [1.29, 1.82) is 0 Å². The standard InChI is InChI=1S/C19H20BrNO2/c1-3-21-18-8-6-5-7-15(18)16(19(21)22)12-13-11-14(23-4-2)9-10-17(13)20/h5-11,16H,3-4,12H2,1-2H3/t16-/m1/s1. The number of carbonyl (C=O) groups is 1. The molecular weight excluding hydrogens is 354 g/mol. The van der Waals surface area contributed by atoms with E-state index >= 15 is 0 Å². The minimum atomic E-state index is -0.126. The Kier molecular flexibility index (Phi) is 4.71. The van der Waals surface area contributed by atoms with Crippen LogP contribution >= 0.6 is 15.9 Å². The van der Waals surface area contributed by atoms with Crippen molar-refractivity contribution in [3.8, 4) is 5.75 Å². The normalized spacial score (nSPS) is 16.6. The molecule has 0 saturated carbocycles. The third-order valence-electron chi connectivity index (χ3n) is 4.24. The van der Waals surface area contributed by atoms with Crippen molar-refractivity contribution in [3.05, 3.63) is 58.1 Å². The molecule has 3 rings (SSSR count). The van der Waals surface area contributed by atoms with Gasteiger partial charge in [0.2, 0.25) is 5.91 Å². The van der Waals surface area contributed by atoms with E-state index in [2.05, 4.69) is 22.0 Å². The van der Waals surface area contributed by atoms with Crippen molar-refractivity contribution in [2.75, 3.05) is 18.1 Å². The lowest BCUT2D eigenvalue weighted by Crippen LogP contribution is -2.29. The van der Waals surface area contributed by atoms with Crippen molar-refractivity contribution in [1.82, 2.24) is 0 Å². The number of para-hydroxylation sites is 1. The van der Waals surface area contributed by atoms with E-state index in [9.17, 15) is 4.79 Å². The van der Waals surface area contributed by atoms with Crippen molar-refractivity contribution in [2.24, 2.45) is 0 Å². The molecule has 1 atom stereocenters. The second-order valence-electron chi connectivity index (χ2n) is 5.58. The van der Waals surface area contributed by atoms with Crippen LogP contribution in [-0.2, 0) is 11.2 Å². The first-order chi connectivity index (χ1) is 11.2. The molecule has 0 spiro atoms. The number of benzene rings is 2. The van der Waals surface area contributed by atoms with Gasteiger partial charge >= 0.3 is 0 Å². The molecule has 1 aliphatic rings. The maximum Gasteiger partial charge on any atom is 0.234 e. The van der Waals surface area contributed by atoms with Crippen LogP contribution in [0.5, 0.6) is 5.75 Å². The lowest BCUT2D eigenvalue weighted by molar-refractivity contribution is -0.119. The van der Waals surface area contributed by atoms with Crippen molar-refractivity contribution < 1.29 is 9.53 Å². The molecule has 0 radical (unpaired) electrons. The highest BCUT2D eigenvalue weighted by Gasteiger charge is 2.36. The number of hydrogen-bond acceptors (Lipinski definition) is 2. The van der Waals surface area contributed by atoms with Crippen LogP contribution in [-0.4, -0.2) is 19.1 Å². The predicted octanol–water partition coefficient (Wildman–Crippen LogP) is 4.54. The van der Waals surface area contributed by atoms with Crippen molar-refractivity contribution in [2.45, 2.75) is 26.2 Å². The van der Waals surface area contributed by atoms with Gasteiger partial charge in [0.25, 0.3) is 0 Å². The number of carbonyl (C=O) groups excluding carboxylic acids is 1. The summed E-state index contributed by atoms with van der Waals surface area (Å²) in [6, 6.07) is 14.0. The van der Waals surface area contributed by atoms with Crippen LogP contribution < -0.4 is 9.64 Å². The monoisotopic (exact) mass is 373 g/mol. The largest absolute Gasteiger partial charge is 0.494 e. The first kappa shape index (κ1) is 16.1. The van der Waals surface area contributed by atoms with E-state index in [1.54, 1.807) is 0 Å². The topological polar surface area (TPSA) is 29.5 Å². The van der Waals surface area contributed by atoms with Crippen molar-refractivity contribution in [3.63, 3.8) is 0 Å². The van der Waals surface area contributed by atoms with Gasteiger partial charge in [-0.1, -0.05) is 34.1 Å². The first-order valence-electron chi connectivity index (χ1n) is 7.97. The summed E-state index contributed by atoms with van der Waals surface area (Å²) in [7, 11) is 0. The van der Waals surface area contributed by atoms with Crippen LogP contribution in [0.2, 0.25) is 0 Å². The zero-order valence-corrected chi connectivity index (χ0v) is 15.0. The number of rotatable bonds is 5. The molecular formula is C19H20BrNO2. The summed E-state index contributed by atoms with van der Waals surface area (Å²) < 4.78 is 6.60. The van der Waals surface area contributed by atoms with Crippen LogP contribution in [0.4, 0.5) is 5.69 Å². The molecule has 2 aromatic rings. The molecule has 0 aromatic heterocycles. The Hall–Kier alpha value is -1.81. The van der Waals surface area contributed by atoms with E-state index in [1.807, 2.05) is 55.1 Å². The molecule has 0 bridgehead atoms. The number of halogens is 1. The van der Waals surface area contributed by atoms with E-state index in [1.165, 1.54) is 0 Å². The smallest absolute Gasteiger partial charge is 0.234 e. The zero-order valence-electron chi connectivity index (χ0n) is 13.4. The van der Waals surface area contributed by atoms with Gasteiger partial charge in [-0.15, -0.1) is 0 Å². The van der Waals surface area contributed by atoms with Crippen LogP contribution in [0.3, 0.4) is 0 Å². The third kappa shape index (κ3) is 3.00. The van der Waals surface area contributed by atoms with Gasteiger partial charge in [0.05, 0.1) is 12.5 Å². The maximum absolute atomic E-state index is 12.8. The third-order valence-corrected chi connectivity index (χ3v) is 5.01. The Morgan fingerprint density at radius 3 is 2.70 bits per heavy atom. The number of anilines is 1. The van der Waals surface area contributed by atoms with Crippen molar-refractivity contribution >= 4 is 27.5 Å². The molecule has 1 aliphatic heterocycles. The maximum atomic E-state index is 12.8. The number of hydrogen-bond donors (Lipinski definition) is 0. The highest BCUT2D eigenvalue weighted by Crippen LogP contribution is 2.40.